The molecule has 10 heteroatoms. The van der Waals surface area contributed by atoms with E-state index in [1.807, 2.05) is 36.4 Å². The molecular formula is C29H24ClF3N4O2. The maximum atomic E-state index is 13.0. The average Bonchev–Trinajstić information content (AvgIpc) is 2.91. The summed E-state index contributed by atoms with van der Waals surface area (Å²) in [4.78, 5) is 26.1. The molecule has 4 rings (SSSR count). The number of urea groups is 2. The molecular weight excluding hydrogens is 529 g/mol. The summed E-state index contributed by atoms with van der Waals surface area (Å²) in [6.45, 7) is 0. The van der Waals surface area contributed by atoms with Gasteiger partial charge in [0.1, 0.15) is 0 Å². The zero-order chi connectivity index (χ0) is 27.8. The Bertz CT molecular complexity index is 1400. The highest BCUT2D eigenvalue weighted by Gasteiger charge is 2.31. The minimum atomic E-state index is -4.49. The van der Waals surface area contributed by atoms with Crippen molar-refractivity contribution < 1.29 is 22.8 Å². The maximum absolute atomic E-state index is 13.0. The van der Waals surface area contributed by atoms with Gasteiger partial charge in [-0.2, -0.15) is 13.2 Å². The standard InChI is InChI=1S/C29H24ClF3N4O2/c30-22-12-7-13-24(18-22)35-28(39)37-26(20-10-5-2-6-11-20)25(19-8-3-1-4-9-19)36-27(38)34-23-16-14-21(15-17-23)29(31,32)33/h1-18,25-26H,(H2,34,36,38)(H2,35,37,39). The minimum absolute atomic E-state index is 0.176. The van der Waals surface area contributed by atoms with Crippen molar-refractivity contribution in [2.24, 2.45) is 0 Å². The molecule has 0 fully saturated rings. The third-order valence-corrected chi connectivity index (χ3v) is 6.01. The van der Waals surface area contributed by atoms with Crippen molar-refractivity contribution in [3.8, 4) is 0 Å². The monoisotopic (exact) mass is 552 g/mol. The smallest absolute Gasteiger partial charge is 0.329 e. The molecule has 0 aromatic heterocycles. The first-order chi connectivity index (χ1) is 18.7. The Labute approximate surface area is 228 Å². The van der Waals surface area contributed by atoms with Gasteiger partial charge in [0.15, 0.2) is 0 Å². The molecule has 0 spiro atoms. The van der Waals surface area contributed by atoms with Crippen LogP contribution in [-0.4, -0.2) is 12.1 Å². The minimum Gasteiger partial charge on any atom is -0.329 e. The van der Waals surface area contributed by atoms with Crippen molar-refractivity contribution in [3.63, 3.8) is 0 Å². The summed E-state index contributed by atoms with van der Waals surface area (Å²) in [5.74, 6) is 0. The first-order valence-corrected chi connectivity index (χ1v) is 12.2. The molecule has 0 saturated heterocycles. The van der Waals surface area contributed by atoms with Crippen LogP contribution in [0.1, 0.15) is 28.8 Å². The number of hydrogen-bond acceptors (Lipinski definition) is 2. The molecule has 0 saturated carbocycles. The molecule has 4 aromatic carbocycles. The highest BCUT2D eigenvalue weighted by Crippen LogP contribution is 2.31. The van der Waals surface area contributed by atoms with Gasteiger partial charge in [-0.05, 0) is 53.6 Å². The Balaban J connectivity index is 1.59. The fourth-order valence-corrected chi connectivity index (χ4v) is 4.15. The van der Waals surface area contributed by atoms with E-state index in [9.17, 15) is 22.8 Å². The molecule has 4 aromatic rings. The van der Waals surface area contributed by atoms with Crippen molar-refractivity contribution in [2.45, 2.75) is 18.3 Å². The van der Waals surface area contributed by atoms with E-state index in [2.05, 4.69) is 21.3 Å². The van der Waals surface area contributed by atoms with E-state index in [0.717, 1.165) is 12.1 Å². The largest absolute Gasteiger partial charge is 0.416 e. The Kier molecular flexibility index (Phi) is 8.73. The molecule has 0 aliphatic carbocycles. The highest BCUT2D eigenvalue weighted by atomic mass is 35.5. The number of rotatable bonds is 7. The van der Waals surface area contributed by atoms with Gasteiger partial charge >= 0.3 is 18.2 Å². The van der Waals surface area contributed by atoms with Crippen LogP contribution in [0.25, 0.3) is 0 Å². The van der Waals surface area contributed by atoms with E-state index < -0.39 is 35.9 Å². The maximum Gasteiger partial charge on any atom is 0.416 e. The highest BCUT2D eigenvalue weighted by molar-refractivity contribution is 6.30. The van der Waals surface area contributed by atoms with Crippen molar-refractivity contribution in [1.82, 2.24) is 10.6 Å². The summed E-state index contributed by atoms with van der Waals surface area (Å²) < 4.78 is 38.7. The quantitative estimate of drug-likeness (QED) is 0.189. The van der Waals surface area contributed by atoms with Crippen LogP contribution in [0.3, 0.4) is 0 Å². The summed E-state index contributed by atoms with van der Waals surface area (Å²) in [6, 6.07) is 26.2. The summed E-state index contributed by atoms with van der Waals surface area (Å²) in [5.41, 5.74) is 1.24. The number of hydrogen-bond donors (Lipinski definition) is 4. The van der Waals surface area contributed by atoms with Crippen LogP contribution < -0.4 is 21.3 Å². The lowest BCUT2D eigenvalue weighted by atomic mass is 9.93. The fourth-order valence-electron chi connectivity index (χ4n) is 3.96. The molecule has 0 heterocycles. The van der Waals surface area contributed by atoms with Gasteiger partial charge in [-0.25, -0.2) is 9.59 Å². The van der Waals surface area contributed by atoms with Crippen LogP contribution in [-0.2, 0) is 6.18 Å². The number of alkyl halides is 3. The Morgan fingerprint density at radius 2 is 1.10 bits per heavy atom. The molecule has 39 heavy (non-hydrogen) atoms. The molecule has 0 aliphatic rings. The molecule has 0 radical (unpaired) electrons. The van der Waals surface area contributed by atoms with Crippen molar-refractivity contribution in [1.29, 1.82) is 0 Å². The lowest BCUT2D eigenvalue weighted by molar-refractivity contribution is -0.137. The van der Waals surface area contributed by atoms with Gasteiger partial charge in [-0.3, -0.25) is 0 Å². The predicted octanol–water partition coefficient (Wildman–Crippen LogP) is 7.78. The van der Waals surface area contributed by atoms with E-state index in [4.69, 9.17) is 11.6 Å². The second-order valence-corrected chi connectivity index (χ2v) is 9.00. The summed E-state index contributed by atoms with van der Waals surface area (Å²) in [7, 11) is 0. The molecule has 6 nitrogen and oxygen atoms in total. The number of amides is 4. The summed E-state index contributed by atoms with van der Waals surface area (Å²) in [6.07, 6.45) is -4.49. The number of anilines is 2. The zero-order valence-corrected chi connectivity index (χ0v) is 21.1. The number of carbonyl (C=O) groups excluding carboxylic acids is 2. The van der Waals surface area contributed by atoms with Crippen LogP contribution in [0, 0.1) is 0 Å². The van der Waals surface area contributed by atoms with E-state index in [1.54, 1.807) is 48.5 Å². The van der Waals surface area contributed by atoms with Crippen molar-refractivity contribution in [3.05, 3.63) is 131 Å². The molecule has 0 bridgehead atoms. The average molecular weight is 553 g/mol. The first kappa shape index (κ1) is 27.5. The second-order valence-electron chi connectivity index (χ2n) is 8.56. The van der Waals surface area contributed by atoms with Crippen molar-refractivity contribution in [2.75, 3.05) is 10.6 Å². The Morgan fingerprint density at radius 3 is 1.56 bits per heavy atom. The van der Waals surface area contributed by atoms with Crippen LogP contribution in [0.15, 0.2) is 109 Å². The van der Waals surface area contributed by atoms with E-state index in [-0.39, 0.29) is 5.69 Å². The number of halogens is 4. The lowest BCUT2D eigenvalue weighted by Crippen LogP contribution is -2.43. The van der Waals surface area contributed by atoms with Crippen LogP contribution in [0.5, 0.6) is 0 Å². The third kappa shape index (κ3) is 7.75. The van der Waals surface area contributed by atoms with E-state index in [1.165, 1.54) is 12.1 Å². The topological polar surface area (TPSA) is 82.3 Å². The lowest BCUT2D eigenvalue weighted by Gasteiger charge is -2.30. The molecule has 4 amide bonds. The van der Waals surface area contributed by atoms with Gasteiger partial charge in [-0.1, -0.05) is 78.3 Å². The Hall–Kier alpha value is -4.50. The molecule has 0 aliphatic heterocycles. The van der Waals surface area contributed by atoms with Crippen LogP contribution in [0.4, 0.5) is 34.1 Å². The SMILES string of the molecule is O=C(Nc1ccc(C(F)(F)F)cc1)NC(c1ccccc1)C(NC(=O)Nc1cccc(Cl)c1)c1ccccc1. The van der Waals surface area contributed by atoms with Gasteiger partial charge in [0, 0.05) is 16.4 Å². The summed E-state index contributed by atoms with van der Waals surface area (Å²) >= 11 is 6.03. The van der Waals surface area contributed by atoms with Gasteiger partial charge in [0.05, 0.1) is 17.6 Å². The van der Waals surface area contributed by atoms with Crippen molar-refractivity contribution >= 4 is 35.0 Å². The zero-order valence-electron chi connectivity index (χ0n) is 20.4. The van der Waals surface area contributed by atoms with E-state index in [0.29, 0.717) is 21.8 Å². The molecule has 200 valence electrons. The second kappa shape index (κ2) is 12.4. The molecule has 2 unspecified atom stereocenters. The number of nitrogens with one attached hydrogen (secondary N) is 4. The predicted molar refractivity (Wildman–Crippen MR) is 146 cm³/mol. The molecule has 2 atom stereocenters. The first-order valence-electron chi connectivity index (χ1n) is 11.9. The van der Waals surface area contributed by atoms with Crippen LogP contribution >= 0.6 is 11.6 Å². The molecule has 4 N–H and O–H groups in total. The number of benzene rings is 4. The van der Waals surface area contributed by atoms with Crippen LogP contribution in [0.2, 0.25) is 5.02 Å². The normalized spacial score (nSPS) is 12.6. The third-order valence-electron chi connectivity index (χ3n) is 5.78. The van der Waals surface area contributed by atoms with Gasteiger partial charge in [0.25, 0.3) is 0 Å². The van der Waals surface area contributed by atoms with E-state index >= 15 is 0 Å². The Morgan fingerprint density at radius 1 is 0.615 bits per heavy atom. The summed E-state index contributed by atoms with van der Waals surface area (Å²) in [5, 5.41) is 11.6. The van der Waals surface area contributed by atoms with Gasteiger partial charge < -0.3 is 21.3 Å². The van der Waals surface area contributed by atoms with Gasteiger partial charge in [-0.15, -0.1) is 0 Å². The number of carbonyl (C=O) groups is 2. The van der Waals surface area contributed by atoms with Gasteiger partial charge in [0.2, 0.25) is 0 Å². The fraction of sp³-hybridized carbons (Fsp3) is 0.103.